The van der Waals surface area contributed by atoms with Crippen molar-refractivity contribution >= 4 is 11.9 Å². The first kappa shape index (κ1) is 13.7. The van der Waals surface area contributed by atoms with Gasteiger partial charge in [0, 0.05) is 18.2 Å². The Hall–Kier alpha value is -2.70. The Morgan fingerprint density at radius 3 is 2.45 bits per heavy atom. The Balaban J connectivity index is 2.18. The number of carboxylic acids is 1. The fourth-order valence-electron chi connectivity index (χ4n) is 1.60. The molecule has 1 heterocycles. The number of amides is 1. The number of likely N-dealkylation sites (N-methyl/N-ethyl adjacent to an activating group) is 1. The first-order valence-electron chi connectivity index (χ1n) is 5.87. The molecule has 0 aliphatic carbocycles. The third-order valence-corrected chi connectivity index (χ3v) is 3.00. The average Bonchev–Trinajstić information content (AvgIpc) is 2.99. The van der Waals surface area contributed by atoms with E-state index in [2.05, 4.69) is 10.2 Å². The van der Waals surface area contributed by atoms with E-state index in [0.29, 0.717) is 17.0 Å². The van der Waals surface area contributed by atoms with Gasteiger partial charge in [-0.15, -0.1) is 10.2 Å². The summed E-state index contributed by atoms with van der Waals surface area (Å²) < 4.78 is 5.04. The highest BCUT2D eigenvalue weighted by Crippen LogP contribution is 2.17. The first-order valence-corrected chi connectivity index (χ1v) is 5.87. The van der Waals surface area contributed by atoms with Crippen LogP contribution >= 0.6 is 0 Å². The molecule has 1 aromatic carbocycles. The number of carbonyl (C=O) groups excluding carboxylic acids is 1. The Bertz CT molecular complexity index is 607. The number of rotatable bonds is 4. The Morgan fingerprint density at radius 2 is 1.95 bits per heavy atom. The molecule has 2 rings (SSSR count). The Labute approximate surface area is 114 Å². The molecule has 7 nitrogen and oxygen atoms in total. The minimum atomic E-state index is -1.05. The van der Waals surface area contributed by atoms with Crippen LogP contribution in [0.5, 0.6) is 0 Å². The molecule has 1 unspecified atom stereocenters. The van der Waals surface area contributed by atoms with Gasteiger partial charge in [0.05, 0.1) is 0 Å². The molecule has 0 saturated carbocycles. The van der Waals surface area contributed by atoms with Crippen LogP contribution in [-0.2, 0) is 4.79 Å². The highest BCUT2D eigenvalue weighted by atomic mass is 16.4. The van der Waals surface area contributed by atoms with Crippen molar-refractivity contribution in [2.75, 3.05) is 7.05 Å². The summed E-state index contributed by atoms with van der Waals surface area (Å²) >= 11 is 0. The number of nitrogens with zero attached hydrogens (tertiary/aromatic N) is 3. The lowest BCUT2D eigenvalue weighted by atomic mass is 10.1. The monoisotopic (exact) mass is 275 g/mol. The van der Waals surface area contributed by atoms with Crippen LogP contribution in [0, 0.1) is 0 Å². The smallest absolute Gasteiger partial charge is 0.326 e. The Morgan fingerprint density at radius 1 is 1.30 bits per heavy atom. The largest absolute Gasteiger partial charge is 0.480 e. The van der Waals surface area contributed by atoms with Gasteiger partial charge in [-0.05, 0) is 31.2 Å². The van der Waals surface area contributed by atoms with E-state index >= 15 is 0 Å². The van der Waals surface area contributed by atoms with Crippen LogP contribution in [0.4, 0.5) is 0 Å². The molecule has 1 amide bonds. The standard InChI is InChI=1S/C13H13N3O4/c1-8(13(18)19)16(2)12(17)10-5-3-9(4-6-10)11-15-14-7-20-11/h3-8H,1-2H3,(H,18,19). The third-order valence-electron chi connectivity index (χ3n) is 3.00. The van der Waals surface area contributed by atoms with Crippen LogP contribution in [0.1, 0.15) is 17.3 Å². The summed E-state index contributed by atoms with van der Waals surface area (Å²) in [6.45, 7) is 1.45. The van der Waals surface area contributed by atoms with Crippen molar-refractivity contribution in [3.8, 4) is 11.5 Å². The summed E-state index contributed by atoms with van der Waals surface area (Å²) in [5.74, 6) is -1.06. The molecule has 2 aromatic rings. The maximum absolute atomic E-state index is 12.1. The fourth-order valence-corrected chi connectivity index (χ4v) is 1.60. The molecule has 0 aliphatic heterocycles. The third kappa shape index (κ3) is 2.66. The molecule has 1 atom stereocenters. The number of hydrogen-bond acceptors (Lipinski definition) is 5. The number of aliphatic carboxylic acids is 1. The summed E-state index contributed by atoms with van der Waals surface area (Å²) in [6.07, 6.45) is 1.22. The average molecular weight is 275 g/mol. The summed E-state index contributed by atoms with van der Waals surface area (Å²) in [5, 5.41) is 16.2. The molecule has 0 saturated heterocycles. The van der Waals surface area contributed by atoms with Gasteiger partial charge in [0.25, 0.3) is 5.91 Å². The van der Waals surface area contributed by atoms with E-state index in [-0.39, 0.29) is 5.91 Å². The maximum Gasteiger partial charge on any atom is 0.326 e. The topological polar surface area (TPSA) is 96.5 Å². The Kier molecular flexibility index (Phi) is 3.79. The second kappa shape index (κ2) is 5.52. The predicted molar refractivity (Wildman–Crippen MR) is 68.9 cm³/mol. The quantitative estimate of drug-likeness (QED) is 0.902. The van der Waals surface area contributed by atoms with Gasteiger partial charge in [-0.1, -0.05) is 0 Å². The van der Waals surface area contributed by atoms with Crippen molar-refractivity contribution in [1.82, 2.24) is 15.1 Å². The van der Waals surface area contributed by atoms with Crippen LogP contribution in [0.3, 0.4) is 0 Å². The van der Waals surface area contributed by atoms with Crippen LogP contribution < -0.4 is 0 Å². The predicted octanol–water partition coefficient (Wildman–Crippen LogP) is 1.28. The van der Waals surface area contributed by atoms with Gasteiger partial charge >= 0.3 is 5.97 Å². The zero-order valence-electron chi connectivity index (χ0n) is 11.0. The normalized spacial score (nSPS) is 11.9. The van der Waals surface area contributed by atoms with Crippen molar-refractivity contribution in [3.05, 3.63) is 36.2 Å². The number of carboxylic acid groups (broad SMARTS) is 1. The van der Waals surface area contributed by atoms with Gasteiger partial charge in [0.15, 0.2) is 0 Å². The van der Waals surface area contributed by atoms with E-state index in [4.69, 9.17) is 9.52 Å². The minimum absolute atomic E-state index is 0.358. The summed E-state index contributed by atoms with van der Waals surface area (Å²) in [7, 11) is 1.45. The van der Waals surface area contributed by atoms with Crippen molar-refractivity contribution in [1.29, 1.82) is 0 Å². The zero-order valence-corrected chi connectivity index (χ0v) is 11.0. The first-order chi connectivity index (χ1) is 9.50. The van der Waals surface area contributed by atoms with Crippen LogP contribution in [-0.4, -0.2) is 45.2 Å². The van der Waals surface area contributed by atoms with Crippen molar-refractivity contribution in [2.45, 2.75) is 13.0 Å². The molecule has 0 radical (unpaired) electrons. The van der Waals surface area contributed by atoms with Crippen molar-refractivity contribution in [2.24, 2.45) is 0 Å². The van der Waals surface area contributed by atoms with Gasteiger partial charge in [0.2, 0.25) is 12.3 Å². The summed E-state index contributed by atoms with van der Waals surface area (Å²) in [5.41, 5.74) is 1.08. The molecule has 0 aliphatic rings. The molecular formula is C13H13N3O4. The highest BCUT2D eigenvalue weighted by Gasteiger charge is 2.22. The van der Waals surface area contributed by atoms with Crippen molar-refractivity contribution < 1.29 is 19.1 Å². The molecule has 0 bridgehead atoms. The maximum atomic E-state index is 12.1. The molecular weight excluding hydrogens is 262 g/mol. The van der Waals surface area contributed by atoms with Crippen LogP contribution in [0.25, 0.3) is 11.5 Å². The van der Waals surface area contributed by atoms with Gasteiger partial charge < -0.3 is 14.4 Å². The van der Waals surface area contributed by atoms with E-state index in [1.807, 2.05) is 0 Å². The molecule has 0 spiro atoms. The molecule has 1 aromatic heterocycles. The number of benzene rings is 1. The minimum Gasteiger partial charge on any atom is -0.480 e. The van der Waals surface area contributed by atoms with E-state index in [9.17, 15) is 9.59 Å². The van der Waals surface area contributed by atoms with Gasteiger partial charge in [-0.25, -0.2) is 4.79 Å². The lowest BCUT2D eigenvalue weighted by molar-refractivity contribution is -0.141. The van der Waals surface area contributed by atoms with E-state index in [1.165, 1.54) is 25.3 Å². The number of carbonyl (C=O) groups is 2. The lowest BCUT2D eigenvalue weighted by Crippen LogP contribution is -2.40. The van der Waals surface area contributed by atoms with Gasteiger partial charge in [0.1, 0.15) is 6.04 Å². The molecule has 20 heavy (non-hydrogen) atoms. The lowest BCUT2D eigenvalue weighted by Gasteiger charge is -2.21. The van der Waals surface area contributed by atoms with Gasteiger partial charge in [-0.3, -0.25) is 4.79 Å². The SMILES string of the molecule is CC(C(=O)O)N(C)C(=O)c1ccc(-c2nnco2)cc1. The fraction of sp³-hybridized carbons (Fsp3) is 0.231. The molecule has 7 heteroatoms. The van der Waals surface area contributed by atoms with Crippen molar-refractivity contribution in [3.63, 3.8) is 0 Å². The second-order valence-corrected chi connectivity index (χ2v) is 4.25. The van der Waals surface area contributed by atoms with Gasteiger partial charge in [-0.2, -0.15) is 0 Å². The number of aromatic nitrogens is 2. The van der Waals surface area contributed by atoms with E-state index < -0.39 is 12.0 Å². The van der Waals surface area contributed by atoms with E-state index in [0.717, 1.165) is 0 Å². The molecule has 1 N–H and O–H groups in total. The number of hydrogen-bond donors (Lipinski definition) is 1. The highest BCUT2D eigenvalue weighted by molar-refractivity contribution is 5.96. The van der Waals surface area contributed by atoms with Crippen LogP contribution in [0.15, 0.2) is 35.1 Å². The molecule has 0 fully saturated rings. The zero-order chi connectivity index (χ0) is 14.7. The summed E-state index contributed by atoms with van der Waals surface area (Å²) in [6, 6.07) is 5.62. The second-order valence-electron chi connectivity index (χ2n) is 4.25. The molecule has 104 valence electrons. The van der Waals surface area contributed by atoms with E-state index in [1.54, 1.807) is 24.3 Å². The summed E-state index contributed by atoms with van der Waals surface area (Å²) in [4.78, 5) is 24.1. The van der Waals surface area contributed by atoms with Crippen LogP contribution in [0.2, 0.25) is 0 Å².